The van der Waals surface area contributed by atoms with Gasteiger partial charge in [-0.3, -0.25) is 34.9 Å². The Hall–Kier alpha value is -4.41. The van der Waals surface area contributed by atoms with E-state index in [4.69, 9.17) is 12.2 Å². The lowest BCUT2D eigenvalue weighted by Gasteiger charge is -2.29. The first kappa shape index (κ1) is 24.3. The molecular formula is C27H18N4O4S2. The number of hydrogen-bond donors (Lipinski definition) is 1. The summed E-state index contributed by atoms with van der Waals surface area (Å²) in [6.07, 6.45) is 3.01. The normalized spacial score (nSPS) is 14.8. The van der Waals surface area contributed by atoms with Crippen LogP contribution in [0.3, 0.4) is 0 Å². The standard InChI is InChI=1S/C27H18N4O4S2/c1-16-7-10-19(11-8-16)30-26(33)20(25(32)29-27(30)36)14-17-9-12-22(21(15-17)31(34)35)37-23-6-2-4-18-5-3-13-28-24(18)23/h2-15H,1H3,(H,29,32,36)/b20-14+. The van der Waals surface area contributed by atoms with Crippen LogP contribution in [0.5, 0.6) is 0 Å². The number of nitrogens with zero attached hydrogens (tertiary/aromatic N) is 3. The lowest BCUT2D eigenvalue weighted by Crippen LogP contribution is -2.54. The van der Waals surface area contributed by atoms with Gasteiger partial charge in [-0.05, 0) is 61.1 Å². The van der Waals surface area contributed by atoms with E-state index >= 15 is 0 Å². The molecule has 0 atom stereocenters. The number of anilines is 1. The predicted octanol–water partition coefficient (Wildman–Crippen LogP) is 5.43. The number of nitro groups is 1. The van der Waals surface area contributed by atoms with Crippen molar-refractivity contribution in [1.82, 2.24) is 10.3 Å². The Balaban J connectivity index is 1.50. The zero-order valence-corrected chi connectivity index (χ0v) is 21.0. The largest absolute Gasteiger partial charge is 0.298 e. The Morgan fingerprint density at radius 1 is 1.03 bits per heavy atom. The molecule has 10 heteroatoms. The molecule has 8 nitrogen and oxygen atoms in total. The molecule has 182 valence electrons. The number of fused-ring (bicyclic) bond motifs is 1. The monoisotopic (exact) mass is 526 g/mol. The molecular weight excluding hydrogens is 508 g/mol. The van der Waals surface area contributed by atoms with Crippen molar-refractivity contribution in [2.45, 2.75) is 16.7 Å². The highest BCUT2D eigenvalue weighted by molar-refractivity contribution is 7.99. The van der Waals surface area contributed by atoms with Crippen LogP contribution < -0.4 is 10.2 Å². The topological polar surface area (TPSA) is 105 Å². The second-order valence-corrected chi connectivity index (χ2v) is 9.68. The molecule has 1 aliphatic rings. The van der Waals surface area contributed by atoms with Gasteiger partial charge in [0, 0.05) is 22.5 Å². The number of rotatable bonds is 5. The fourth-order valence-electron chi connectivity index (χ4n) is 3.88. The Bertz CT molecular complexity index is 1630. The highest BCUT2D eigenvalue weighted by Gasteiger charge is 2.34. The zero-order chi connectivity index (χ0) is 26.1. The van der Waals surface area contributed by atoms with Crippen LogP contribution in [0.15, 0.2) is 94.4 Å². The van der Waals surface area contributed by atoms with Crippen molar-refractivity contribution in [2.75, 3.05) is 4.90 Å². The minimum absolute atomic E-state index is 0.0302. The summed E-state index contributed by atoms with van der Waals surface area (Å²) in [5, 5.41) is 15.4. The van der Waals surface area contributed by atoms with Crippen molar-refractivity contribution in [3.63, 3.8) is 0 Å². The second-order valence-electron chi connectivity index (χ2n) is 8.21. The van der Waals surface area contributed by atoms with Gasteiger partial charge in [0.2, 0.25) is 0 Å². The van der Waals surface area contributed by atoms with E-state index in [1.165, 1.54) is 28.8 Å². The Morgan fingerprint density at radius 2 is 1.78 bits per heavy atom. The number of benzene rings is 3. The summed E-state index contributed by atoms with van der Waals surface area (Å²) in [5.41, 5.74) is 2.26. The minimum Gasteiger partial charge on any atom is -0.298 e. The van der Waals surface area contributed by atoms with Crippen LogP contribution in [0.4, 0.5) is 11.4 Å². The van der Waals surface area contributed by atoms with Gasteiger partial charge in [-0.25, -0.2) is 0 Å². The maximum atomic E-state index is 13.3. The number of thiocarbonyl (C=S) groups is 1. The van der Waals surface area contributed by atoms with Crippen LogP contribution in [0.25, 0.3) is 17.0 Å². The van der Waals surface area contributed by atoms with E-state index in [0.717, 1.165) is 21.4 Å². The molecule has 0 bridgehead atoms. The first-order chi connectivity index (χ1) is 17.8. The molecule has 1 fully saturated rings. The summed E-state index contributed by atoms with van der Waals surface area (Å²) >= 11 is 6.46. The van der Waals surface area contributed by atoms with Crippen molar-refractivity contribution in [3.05, 3.63) is 106 Å². The smallest absolute Gasteiger partial charge is 0.283 e. The van der Waals surface area contributed by atoms with Gasteiger partial charge in [-0.1, -0.05) is 53.7 Å². The third-order valence-electron chi connectivity index (χ3n) is 5.70. The number of carbonyl (C=O) groups excluding carboxylic acids is 2. The SMILES string of the molecule is Cc1ccc(N2C(=O)/C(=C/c3ccc(Sc4cccc5cccnc45)c([N+](=O)[O-])c3)C(=O)NC2=S)cc1. The Kier molecular flexibility index (Phi) is 6.51. The van der Waals surface area contributed by atoms with E-state index in [9.17, 15) is 19.7 Å². The number of aromatic nitrogens is 1. The van der Waals surface area contributed by atoms with Gasteiger partial charge in [-0.2, -0.15) is 0 Å². The van der Waals surface area contributed by atoms with Crippen molar-refractivity contribution < 1.29 is 14.5 Å². The molecule has 0 aliphatic carbocycles. The number of para-hydroxylation sites is 1. The third kappa shape index (κ3) is 4.84. The highest BCUT2D eigenvalue weighted by atomic mass is 32.2. The number of nitro benzene ring substituents is 1. The number of amides is 2. The molecule has 2 heterocycles. The lowest BCUT2D eigenvalue weighted by molar-refractivity contribution is -0.387. The molecule has 2 amide bonds. The molecule has 5 rings (SSSR count). The first-order valence-corrected chi connectivity index (χ1v) is 12.3. The van der Waals surface area contributed by atoms with Gasteiger partial charge >= 0.3 is 0 Å². The van der Waals surface area contributed by atoms with E-state index in [2.05, 4.69) is 10.3 Å². The molecule has 1 saturated heterocycles. The van der Waals surface area contributed by atoms with Crippen LogP contribution in [-0.2, 0) is 9.59 Å². The van der Waals surface area contributed by atoms with E-state index in [1.807, 2.05) is 49.4 Å². The summed E-state index contributed by atoms with van der Waals surface area (Å²) in [5.74, 6) is -1.28. The van der Waals surface area contributed by atoms with Crippen molar-refractivity contribution in [2.24, 2.45) is 0 Å². The molecule has 1 aromatic heterocycles. The fraction of sp³-hybridized carbons (Fsp3) is 0.0370. The van der Waals surface area contributed by atoms with Crippen LogP contribution in [0.1, 0.15) is 11.1 Å². The number of pyridine rings is 1. The summed E-state index contributed by atoms with van der Waals surface area (Å²) in [6, 6.07) is 21.1. The number of hydrogen-bond acceptors (Lipinski definition) is 7. The molecule has 0 radical (unpaired) electrons. The molecule has 37 heavy (non-hydrogen) atoms. The van der Waals surface area contributed by atoms with Gasteiger partial charge in [-0.15, -0.1) is 0 Å². The highest BCUT2D eigenvalue weighted by Crippen LogP contribution is 2.38. The number of carbonyl (C=O) groups is 2. The van der Waals surface area contributed by atoms with E-state index in [-0.39, 0.29) is 16.4 Å². The zero-order valence-electron chi connectivity index (χ0n) is 19.4. The van der Waals surface area contributed by atoms with Crippen molar-refractivity contribution in [1.29, 1.82) is 0 Å². The summed E-state index contributed by atoms with van der Waals surface area (Å²) in [6.45, 7) is 1.92. The van der Waals surface area contributed by atoms with E-state index in [0.29, 0.717) is 16.1 Å². The second kappa shape index (κ2) is 9.92. The molecule has 0 saturated carbocycles. The van der Waals surface area contributed by atoms with Gasteiger partial charge < -0.3 is 0 Å². The van der Waals surface area contributed by atoms with Crippen molar-refractivity contribution >= 4 is 69.3 Å². The van der Waals surface area contributed by atoms with Gasteiger partial charge in [0.25, 0.3) is 17.5 Å². The molecule has 1 N–H and O–H groups in total. The summed E-state index contributed by atoms with van der Waals surface area (Å²) in [7, 11) is 0. The molecule has 1 aliphatic heterocycles. The third-order valence-corrected chi connectivity index (χ3v) is 7.10. The average molecular weight is 527 g/mol. The Morgan fingerprint density at radius 3 is 2.54 bits per heavy atom. The van der Waals surface area contributed by atoms with Gasteiger partial charge in [0.1, 0.15) is 5.57 Å². The number of aryl methyl sites for hydroxylation is 1. The Labute approximate surface area is 221 Å². The van der Waals surface area contributed by atoms with Crippen LogP contribution in [0.2, 0.25) is 0 Å². The summed E-state index contributed by atoms with van der Waals surface area (Å²) in [4.78, 5) is 44.2. The first-order valence-electron chi connectivity index (χ1n) is 11.1. The maximum absolute atomic E-state index is 13.3. The van der Waals surface area contributed by atoms with E-state index in [1.54, 1.807) is 30.5 Å². The van der Waals surface area contributed by atoms with Gasteiger partial charge in [0.15, 0.2) is 5.11 Å². The fourth-order valence-corrected chi connectivity index (χ4v) is 5.19. The van der Waals surface area contributed by atoms with Crippen LogP contribution in [0, 0.1) is 17.0 Å². The minimum atomic E-state index is -0.665. The summed E-state index contributed by atoms with van der Waals surface area (Å²) < 4.78 is 0. The van der Waals surface area contributed by atoms with E-state index < -0.39 is 16.7 Å². The average Bonchev–Trinajstić information content (AvgIpc) is 2.88. The molecule has 0 unspecified atom stereocenters. The lowest BCUT2D eigenvalue weighted by atomic mass is 10.1. The quantitative estimate of drug-likeness (QED) is 0.121. The molecule has 3 aromatic carbocycles. The molecule has 0 spiro atoms. The predicted molar refractivity (Wildman–Crippen MR) is 146 cm³/mol. The maximum Gasteiger partial charge on any atom is 0.283 e. The van der Waals surface area contributed by atoms with Crippen LogP contribution >= 0.6 is 24.0 Å². The van der Waals surface area contributed by atoms with Crippen molar-refractivity contribution in [3.8, 4) is 0 Å². The van der Waals surface area contributed by atoms with Gasteiger partial charge in [0.05, 0.1) is 21.0 Å². The molecule has 4 aromatic rings. The number of nitrogens with one attached hydrogen (secondary N) is 1. The van der Waals surface area contributed by atoms with Crippen LogP contribution in [-0.4, -0.2) is 26.8 Å².